The van der Waals surface area contributed by atoms with Crippen LogP contribution in [0.3, 0.4) is 0 Å². The predicted octanol–water partition coefficient (Wildman–Crippen LogP) is 8.44. The van der Waals surface area contributed by atoms with E-state index < -0.39 is 0 Å². The predicted molar refractivity (Wildman–Crippen MR) is 172 cm³/mol. The Morgan fingerprint density at radius 2 is 1.38 bits per heavy atom. The summed E-state index contributed by atoms with van der Waals surface area (Å²) in [7, 11) is 0. The standard InChI is InChI=1S/C40H34/c1-2-4-19-37(35-25-24-30-13-7-8-14-32(30)27-35)39-21-10-9-20-38(39)36(18-3-1)33-15-6-5-12-29-22-23-31-16-11-17-34(28-33)40(31)26-29/h1-7,9-13,16-17,20-25,27-28H,8,14-15,18-19,26H2/b3-1-,4-2-,6-5-,29-12-,33-28+,38-36+,39-37+. The fraction of sp³-hybridized carbons (Fsp3) is 0.150. The second kappa shape index (κ2) is 11.0. The molecule has 0 fully saturated rings. The molecule has 0 amide bonds. The first-order chi connectivity index (χ1) is 19.8. The summed E-state index contributed by atoms with van der Waals surface area (Å²) in [5.41, 5.74) is 13.9. The molecule has 0 aromatic heterocycles. The molecule has 4 aliphatic carbocycles. The van der Waals surface area contributed by atoms with Crippen LogP contribution >= 0.6 is 0 Å². The highest BCUT2D eigenvalue weighted by Gasteiger charge is 2.15. The summed E-state index contributed by atoms with van der Waals surface area (Å²) in [4.78, 5) is 0. The monoisotopic (exact) mass is 514 g/mol. The van der Waals surface area contributed by atoms with Crippen molar-refractivity contribution in [1.82, 2.24) is 0 Å². The first-order valence-electron chi connectivity index (χ1n) is 14.6. The Bertz CT molecular complexity index is 1820. The van der Waals surface area contributed by atoms with Crippen LogP contribution in [0.4, 0.5) is 0 Å². The molecule has 0 aliphatic heterocycles. The normalized spacial score (nSPS) is 25.3. The van der Waals surface area contributed by atoms with Gasteiger partial charge in [-0.1, -0.05) is 134 Å². The smallest absolute Gasteiger partial charge is 0.00139 e. The molecule has 0 N–H and O–H groups in total. The lowest BCUT2D eigenvalue weighted by Crippen LogP contribution is -2.30. The van der Waals surface area contributed by atoms with Crippen molar-refractivity contribution in [3.8, 4) is 0 Å². The average Bonchev–Trinajstić information content (AvgIpc) is 3.01. The highest BCUT2D eigenvalue weighted by Crippen LogP contribution is 2.31. The van der Waals surface area contributed by atoms with Crippen LogP contribution in [-0.4, -0.2) is 0 Å². The number of hydrogen-bond donors (Lipinski definition) is 0. The van der Waals surface area contributed by atoms with E-state index in [1.54, 1.807) is 0 Å². The second-order valence-electron chi connectivity index (χ2n) is 11.1. The highest BCUT2D eigenvalue weighted by atomic mass is 14.2. The average molecular weight is 515 g/mol. The number of rotatable bonds is 2. The van der Waals surface area contributed by atoms with Gasteiger partial charge in [0.05, 0.1) is 0 Å². The summed E-state index contributed by atoms with van der Waals surface area (Å²) in [5, 5.41) is 2.71. The molecule has 4 aliphatic rings. The van der Waals surface area contributed by atoms with Gasteiger partial charge < -0.3 is 0 Å². The van der Waals surface area contributed by atoms with Gasteiger partial charge in [-0.2, -0.15) is 0 Å². The molecule has 0 unspecified atom stereocenters. The number of benzene rings is 3. The third-order valence-corrected chi connectivity index (χ3v) is 8.58. The molecule has 0 spiro atoms. The molecule has 40 heavy (non-hydrogen) atoms. The number of allylic oxidation sites excluding steroid dienone is 11. The number of fused-ring (bicyclic) bond motifs is 3. The van der Waals surface area contributed by atoms with Crippen molar-refractivity contribution in [2.75, 3.05) is 0 Å². The van der Waals surface area contributed by atoms with Gasteiger partial charge >= 0.3 is 0 Å². The van der Waals surface area contributed by atoms with Crippen LogP contribution in [0, 0.1) is 0 Å². The molecule has 0 atom stereocenters. The van der Waals surface area contributed by atoms with Crippen LogP contribution in [0.5, 0.6) is 0 Å². The number of aryl methyl sites for hydroxylation is 1. The van der Waals surface area contributed by atoms with Gasteiger partial charge in [0.15, 0.2) is 0 Å². The fourth-order valence-electron chi connectivity index (χ4n) is 6.49. The van der Waals surface area contributed by atoms with Crippen LogP contribution in [0.1, 0.15) is 59.1 Å². The largest absolute Gasteiger partial charge is 0.0836 e. The third kappa shape index (κ3) is 4.87. The summed E-state index contributed by atoms with van der Waals surface area (Å²) in [6, 6.07) is 22.9. The lowest BCUT2D eigenvalue weighted by molar-refractivity contribution is 0.984. The van der Waals surface area contributed by atoms with Gasteiger partial charge in [0, 0.05) is 0 Å². The van der Waals surface area contributed by atoms with E-state index >= 15 is 0 Å². The number of hydrogen-bond acceptors (Lipinski definition) is 0. The Morgan fingerprint density at radius 1 is 0.575 bits per heavy atom. The zero-order valence-corrected chi connectivity index (χ0v) is 22.9. The van der Waals surface area contributed by atoms with Crippen molar-refractivity contribution in [2.45, 2.75) is 38.5 Å². The summed E-state index contributed by atoms with van der Waals surface area (Å²) < 4.78 is 0. The van der Waals surface area contributed by atoms with E-state index in [1.807, 2.05) is 0 Å². The van der Waals surface area contributed by atoms with E-state index in [4.69, 9.17) is 0 Å². The Hall–Kier alpha value is -4.42. The van der Waals surface area contributed by atoms with Crippen LogP contribution in [0.15, 0.2) is 126 Å². The molecule has 0 saturated heterocycles. The minimum absolute atomic E-state index is 0.902. The second-order valence-corrected chi connectivity index (χ2v) is 11.1. The van der Waals surface area contributed by atoms with Crippen LogP contribution in [0.25, 0.3) is 29.4 Å². The summed E-state index contributed by atoms with van der Waals surface area (Å²) in [5.74, 6) is 0. The van der Waals surface area contributed by atoms with E-state index in [-0.39, 0.29) is 0 Å². The molecule has 3 aromatic carbocycles. The van der Waals surface area contributed by atoms with Gasteiger partial charge in [0.2, 0.25) is 0 Å². The Balaban J connectivity index is 1.49. The first kappa shape index (κ1) is 24.6. The SMILES string of the molecule is C1=Cc2ccc(\C3=c4/cccc/c4=C(\C4=C\c5cccc6c5C/C(=C\C=C/C4)C=C6)C/C=C\C=C/C3)cc2CC1. The van der Waals surface area contributed by atoms with Crippen molar-refractivity contribution in [3.05, 3.63) is 170 Å². The zero-order valence-electron chi connectivity index (χ0n) is 22.9. The molecule has 0 heteroatoms. The van der Waals surface area contributed by atoms with Crippen molar-refractivity contribution >= 4 is 29.4 Å². The van der Waals surface area contributed by atoms with Crippen LogP contribution < -0.4 is 10.4 Å². The lowest BCUT2D eigenvalue weighted by Gasteiger charge is -2.19. The molecule has 194 valence electrons. The molecular formula is C40H34. The van der Waals surface area contributed by atoms with Gasteiger partial charge in [-0.3, -0.25) is 0 Å². The summed E-state index contributed by atoms with van der Waals surface area (Å²) in [6.45, 7) is 0. The Morgan fingerprint density at radius 3 is 2.27 bits per heavy atom. The summed E-state index contributed by atoms with van der Waals surface area (Å²) >= 11 is 0. The Labute approximate surface area is 237 Å². The molecule has 0 saturated carbocycles. The van der Waals surface area contributed by atoms with Crippen molar-refractivity contribution in [1.29, 1.82) is 0 Å². The van der Waals surface area contributed by atoms with Crippen molar-refractivity contribution in [3.63, 3.8) is 0 Å². The lowest BCUT2D eigenvalue weighted by atomic mass is 9.86. The molecule has 3 aromatic rings. The quantitative estimate of drug-likeness (QED) is 0.322. The molecule has 0 heterocycles. The van der Waals surface area contributed by atoms with Gasteiger partial charge in [-0.05, 0) is 105 Å². The minimum Gasteiger partial charge on any atom is -0.0836 e. The zero-order chi connectivity index (χ0) is 26.7. The van der Waals surface area contributed by atoms with Gasteiger partial charge in [-0.15, -0.1) is 0 Å². The summed E-state index contributed by atoms with van der Waals surface area (Å²) in [6.07, 6.45) is 33.5. The van der Waals surface area contributed by atoms with E-state index in [9.17, 15) is 0 Å². The van der Waals surface area contributed by atoms with Crippen LogP contribution in [-0.2, 0) is 12.8 Å². The molecule has 0 nitrogen and oxygen atoms in total. The van der Waals surface area contributed by atoms with E-state index in [2.05, 4.69) is 134 Å². The molecule has 2 bridgehead atoms. The first-order valence-corrected chi connectivity index (χ1v) is 14.6. The minimum atomic E-state index is 0.902. The highest BCUT2D eigenvalue weighted by molar-refractivity contribution is 5.80. The molecule has 7 rings (SSSR count). The van der Waals surface area contributed by atoms with Crippen molar-refractivity contribution < 1.29 is 0 Å². The maximum absolute atomic E-state index is 2.47. The van der Waals surface area contributed by atoms with Gasteiger partial charge in [-0.25, -0.2) is 0 Å². The molecular weight excluding hydrogens is 480 g/mol. The van der Waals surface area contributed by atoms with E-state index in [1.165, 1.54) is 66.1 Å². The van der Waals surface area contributed by atoms with Crippen molar-refractivity contribution in [2.24, 2.45) is 0 Å². The molecule has 0 radical (unpaired) electrons. The maximum atomic E-state index is 2.47. The van der Waals surface area contributed by atoms with Crippen LogP contribution in [0.2, 0.25) is 0 Å². The van der Waals surface area contributed by atoms with E-state index in [0.717, 1.165) is 38.5 Å². The third-order valence-electron chi connectivity index (χ3n) is 8.58. The fourth-order valence-corrected chi connectivity index (χ4v) is 6.49. The Kier molecular flexibility index (Phi) is 6.76. The maximum Gasteiger partial charge on any atom is -0.00139 e. The van der Waals surface area contributed by atoms with Gasteiger partial charge in [0.1, 0.15) is 0 Å². The van der Waals surface area contributed by atoms with Gasteiger partial charge in [0.25, 0.3) is 0 Å². The van der Waals surface area contributed by atoms with E-state index in [0.29, 0.717) is 0 Å². The topological polar surface area (TPSA) is 0 Å².